The van der Waals surface area contributed by atoms with Gasteiger partial charge in [0.1, 0.15) is 11.7 Å². The first-order chi connectivity index (χ1) is 10.3. The topological polar surface area (TPSA) is 63.6 Å². The number of rotatable bonds is 2. The standard InChI is InChI=1S/C14H17N5OS/c15-12(18-6-8-20-9-7-18)10-13-16-17-14(21)19(13)11-4-2-1-3-5-11/h1-5,10,15-16H,6-9H2,(H,17,21). The van der Waals surface area contributed by atoms with Gasteiger partial charge in [0.2, 0.25) is 0 Å². The van der Waals surface area contributed by atoms with E-state index in [0.717, 1.165) is 24.6 Å². The third kappa shape index (κ3) is 2.98. The van der Waals surface area contributed by atoms with Crippen LogP contribution in [0.1, 0.15) is 0 Å². The summed E-state index contributed by atoms with van der Waals surface area (Å²) in [6.45, 7) is 2.81. The smallest absolute Gasteiger partial charge is 0.198 e. The number of hydrogen-bond acceptors (Lipinski definition) is 4. The number of morpholine rings is 1. The molecular formula is C14H17N5OS. The molecule has 0 radical (unpaired) electrons. The number of hydrogen-bond donors (Lipinski definition) is 3. The number of benzene rings is 1. The maximum Gasteiger partial charge on any atom is 0.198 e. The average Bonchev–Trinajstić information content (AvgIpc) is 2.89. The van der Waals surface area contributed by atoms with Gasteiger partial charge in [-0.15, -0.1) is 0 Å². The van der Waals surface area contributed by atoms with Crippen LogP contribution in [0.15, 0.2) is 42.2 Å². The Kier molecular flexibility index (Phi) is 4.03. The lowest BCUT2D eigenvalue weighted by Gasteiger charge is -2.28. The van der Waals surface area contributed by atoms with E-state index in [9.17, 15) is 0 Å². The SMILES string of the molecule is N=C(C=C1NNC(=S)N1c1ccccc1)N1CCOCC1. The van der Waals surface area contributed by atoms with Crippen molar-refractivity contribution in [3.8, 4) is 0 Å². The lowest BCUT2D eigenvalue weighted by molar-refractivity contribution is 0.0681. The molecule has 3 N–H and O–H groups in total. The van der Waals surface area contributed by atoms with Crippen molar-refractivity contribution >= 4 is 28.9 Å². The highest BCUT2D eigenvalue weighted by atomic mass is 32.1. The third-order valence-electron chi connectivity index (χ3n) is 3.38. The summed E-state index contributed by atoms with van der Waals surface area (Å²) in [4.78, 5) is 3.87. The van der Waals surface area contributed by atoms with Crippen molar-refractivity contribution in [2.24, 2.45) is 0 Å². The molecule has 0 aromatic heterocycles. The quantitative estimate of drug-likeness (QED) is 0.431. The van der Waals surface area contributed by atoms with Crippen LogP contribution in [-0.4, -0.2) is 42.2 Å². The molecule has 0 spiro atoms. The van der Waals surface area contributed by atoms with Gasteiger partial charge < -0.3 is 9.64 Å². The highest BCUT2D eigenvalue weighted by molar-refractivity contribution is 7.80. The largest absolute Gasteiger partial charge is 0.378 e. The van der Waals surface area contributed by atoms with Gasteiger partial charge in [-0.25, -0.2) is 0 Å². The van der Waals surface area contributed by atoms with Crippen LogP contribution in [0, 0.1) is 5.41 Å². The van der Waals surface area contributed by atoms with Gasteiger partial charge in [0, 0.05) is 24.9 Å². The van der Waals surface area contributed by atoms with Gasteiger partial charge in [-0.3, -0.25) is 21.2 Å². The van der Waals surface area contributed by atoms with Gasteiger partial charge in [0.05, 0.1) is 13.2 Å². The first kappa shape index (κ1) is 13.8. The van der Waals surface area contributed by atoms with Crippen LogP contribution >= 0.6 is 12.2 Å². The van der Waals surface area contributed by atoms with Crippen molar-refractivity contribution in [3.05, 3.63) is 42.2 Å². The predicted octanol–water partition coefficient (Wildman–Crippen LogP) is 1.04. The van der Waals surface area contributed by atoms with Gasteiger partial charge >= 0.3 is 0 Å². The van der Waals surface area contributed by atoms with E-state index >= 15 is 0 Å². The second-order valence-electron chi connectivity index (χ2n) is 4.74. The van der Waals surface area contributed by atoms with E-state index in [2.05, 4.69) is 10.9 Å². The summed E-state index contributed by atoms with van der Waals surface area (Å²) in [5.74, 6) is 1.20. The molecule has 21 heavy (non-hydrogen) atoms. The number of amidine groups is 1. The Hall–Kier alpha value is -2.12. The molecule has 0 saturated carbocycles. The van der Waals surface area contributed by atoms with Crippen LogP contribution in [0.2, 0.25) is 0 Å². The van der Waals surface area contributed by atoms with Crippen molar-refractivity contribution in [2.45, 2.75) is 0 Å². The number of para-hydroxylation sites is 1. The van der Waals surface area contributed by atoms with Gasteiger partial charge in [-0.05, 0) is 24.4 Å². The zero-order chi connectivity index (χ0) is 14.7. The van der Waals surface area contributed by atoms with Crippen LogP contribution in [0.4, 0.5) is 5.69 Å². The van der Waals surface area contributed by atoms with E-state index in [1.54, 1.807) is 6.08 Å². The van der Waals surface area contributed by atoms with E-state index in [1.807, 2.05) is 40.1 Å². The maximum atomic E-state index is 8.22. The Bertz CT molecular complexity index is 568. The predicted molar refractivity (Wildman–Crippen MR) is 86.0 cm³/mol. The Labute approximate surface area is 128 Å². The molecule has 0 amide bonds. The van der Waals surface area contributed by atoms with E-state index in [4.69, 9.17) is 22.4 Å². The molecule has 2 fully saturated rings. The molecular weight excluding hydrogens is 286 g/mol. The number of anilines is 1. The molecule has 1 aromatic rings. The fourth-order valence-corrected chi connectivity index (χ4v) is 2.55. The number of thiocarbonyl (C=S) groups is 1. The Morgan fingerprint density at radius 2 is 1.90 bits per heavy atom. The molecule has 0 unspecified atom stereocenters. The second kappa shape index (κ2) is 6.11. The molecule has 110 valence electrons. The molecule has 0 atom stereocenters. The summed E-state index contributed by atoms with van der Waals surface area (Å²) in [6.07, 6.45) is 1.78. The first-order valence-electron chi connectivity index (χ1n) is 6.80. The molecule has 6 nitrogen and oxygen atoms in total. The maximum absolute atomic E-state index is 8.22. The van der Waals surface area contributed by atoms with E-state index < -0.39 is 0 Å². The monoisotopic (exact) mass is 303 g/mol. The highest BCUT2D eigenvalue weighted by Crippen LogP contribution is 2.20. The molecule has 1 aromatic carbocycles. The zero-order valence-corrected chi connectivity index (χ0v) is 12.3. The lowest BCUT2D eigenvalue weighted by atomic mass is 10.3. The third-order valence-corrected chi connectivity index (χ3v) is 3.67. The minimum Gasteiger partial charge on any atom is -0.378 e. The van der Waals surface area contributed by atoms with Crippen LogP contribution in [0.3, 0.4) is 0 Å². The summed E-state index contributed by atoms with van der Waals surface area (Å²) in [5, 5.41) is 8.79. The van der Waals surface area contributed by atoms with Crippen LogP contribution in [0.5, 0.6) is 0 Å². The minimum absolute atomic E-state index is 0.452. The van der Waals surface area contributed by atoms with Crippen molar-refractivity contribution in [1.29, 1.82) is 5.41 Å². The van der Waals surface area contributed by atoms with Crippen molar-refractivity contribution < 1.29 is 4.74 Å². The second-order valence-corrected chi connectivity index (χ2v) is 5.13. The Morgan fingerprint density at radius 3 is 2.62 bits per heavy atom. The molecule has 3 rings (SSSR count). The molecule has 0 aliphatic carbocycles. The lowest BCUT2D eigenvalue weighted by Crippen LogP contribution is -2.40. The minimum atomic E-state index is 0.452. The van der Waals surface area contributed by atoms with Crippen molar-refractivity contribution in [3.63, 3.8) is 0 Å². The van der Waals surface area contributed by atoms with Crippen LogP contribution in [-0.2, 0) is 4.74 Å². The van der Waals surface area contributed by atoms with E-state index in [0.29, 0.717) is 24.2 Å². The number of nitrogens with one attached hydrogen (secondary N) is 3. The molecule has 2 saturated heterocycles. The summed E-state index contributed by atoms with van der Waals surface area (Å²) < 4.78 is 5.31. The van der Waals surface area contributed by atoms with Crippen molar-refractivity contribution in [2.75, 3.05) is 31.2 Å². The summed E-state index contributed by atoms with van der Waals surface area (Å²) in [7, 11) is 0. The van der Waals surface area contributed by atoms with Crippen LogP contribution in [0.25, 0.3) is 0 Å². The number of nitrogens with zero attached hydrogens (tertiary/aromatic N) is 2. The molecule has 0 bridgehead atoms. The van der Waals surface area contributed by atoms with Gasteiger partial charge in [-0.1, -0.05) is 18.2 Å². The van der Waals surface area contributed by atoms with Gasteiger partial charge in [0.15, 0.2) is 5.11 Å². The van der Waals surface area contributed by atoms with E-state index in [-0.39, 0.29) is 0 Å². The van der Waals surface area contributed by atoms with Gasteiger partial charge in [0.25, 0.3) is 0 Å². The Balaban J connectivity index is 1.81. The normalized spacial score (nSPS) is 20.4. The van der Waals surface area contributed by atoms with Gasteiger partial charge in [-0.2, -0.15) is 0 Å². The van der Waals surface area contributed by atoms with Crippen molar-refractivity contribution in [1.82, 2.24) is 15.8 Å². The molecule has 2 aliphatic heterocycles. The fourth-order valence-electron chi connectivity index (χ4n) is 2.30. The highest BCUT2D eigenvalue weighted by Gasteiger charge is 2.24. The molecule has 7 heteroatoms. The summed E-state index contributed by atoms with van der Waals surface area (Å²) in [6, 6.07) is 9.84. The molecule has 2 aliphatic rings. The number of ether oxygens (including phenoxy) is 1. The summed E-state index contributed by atoms with van der Waals surface area (Å²) in [5.41, 5.74) is 6.91. The fraction of sp³-hybridized carbons (Fsp3) is 0.286. The summed E-state index contributed by atoms with van der Waals surface area (Å²) >= 11 is 5.32. The average molecular weight is 303 g/mol. The first-order valence-corrected chi connectivity index (χ1v) is 7.20. The molecule has 2 heterocycles. The van der Waals surface area contributed by atoms with Crippen LogP contribution < -0.4 is 15.8 Å². The Morgan fingerprint density at radius 1 is 1.19 bits per heavy atom. The number of hydrazine groups is 1. The van der Waals surface area contributed by atoms with E-state index in [1.165, 1.54) is 0 Å². The zero-order valence-electron chi connectivity index (χ0n) is 11.5.